The highest BCUT2D eigenvalue weighted by Gasteiger charge is 2.16. The molecule has 0 unspecified atom stereocenters. The molecule has 3 aromatic carbocycles. The Labute approximate surface area is 230 Å². The Morgan fingerprint density at radius 1 is 1.00 bits per heavy atom. The number of hydrogen-bond donors (Lipinski definition) is 2. The van der Waals surface area contributed by atoms with Gasteiger partial charge in [0.25, 0.3) is 11.8 Å². The molecule has 0 heterocycles. The first-order valence-corrected chi connectivity index (χ1v) is 12.2. The number of ether oxygens (including phenoxy) is 3. The van der Waals surface area contributed by atoms with E-state index in [0.717, 1.165) is 5.56 Å². The van der Waals surface area contributed by atoms with E-state index in [2.05, 4.69) is 15.4 Å². The molecule has 3 rings (SSSR count). The number of rotatable bonds is 10. The van der Waals surface area contributed by atoms with Crippen molar-refractivity contribution in [2.45, 2.75) is 13.8 Å². The van der Waals surface area contributed by atoms with Crippen molar-refractivity contribution in [2.24, 2.45) is 0 Å². The van der Waals surface area contributed by atoms with Crippen molar-refractivity contribution in [2.75, 3.05) is 31.0 Å². The summed E-state index contributed by atoms with van der Waals surface area (Å²) in [5, 5.41) is 15.1. The van der Waals surface area contributed by atoms with Crippen LogP contribution in [0.4, 0.5) is 11.4 Å². The van der Waals surface area contributed by atoms with Gasteiger partial charge < -0.3 is 24.8 Å². The third kappa shape index (κ3) is 8.09. The standard InChI is InChI=1S/C29H26ClN3O6/c1-4-38-25-15-19(13-21(16-31)28(35)33-22-10-8-20(9-11-22)29(36)37-3)14-24(30)27(25)39-17-26(34)32-23-7-5-6-18(2)12-23/h5-15H,4,17H2,1-3H3,(H,32,34)(H,33,35)/b21-13+. The van der Waals surface area contributed by atoms with Crippen LogP contribution in [0, 0.1) is 18.3 Å². The van der Waals surface area contributed by atoms with Crippen molar-refractivity contribution in [1.82, 2.24) is 0 Å². The molecule has 0 saturated carbocycles. The molecule has 0 aromatic heterocycles. The number of halogens is 1. The Balaban J connectivity index is 1.75. The van der Waals surface area contributed by atoms with Crippen molar-refractivity contribution >= 4 is 46.8 Å². The Morgan fingerprint density at radius 3 is 2.38 bits per heavy atom. The number of amides is 2. The second kappa shape index (κ2) is 13.7. The number of benzene rings is 3. The monoisotopic (exact) mass is 547 g/mol. The zero-order valence-electron chi connectivity index (χ0n) is 21.5. The van der Waals surface area contributed by atoms with Crippen LogP contribution in [-0.4, -0.2) is 38.1 Å². The van der Waals surface area contributed by atoms with Crippen molar-refractivity contribution in [3.05, 3.63) is 87.9 Å². The highest BCUT2D eigenvalue weighted by molar-refractivity contribution is 6.32. The number of carbonyl (C=O) groups is 3. The highest BCUT2D eigenvalue weighted by atomic mass is 35.5. The van der Waals surface area contributed by atoms with Gasteiger partial charge in [-0.15, -0.1) is 0 Å². The molecule has 3 aromatic rings. The van der Waals surface area contributed by atoms with Gasteiger partial charge in [0.05, 0.1) is 24.3 Å². The molecule has 39 heavy (non-hydrogen) atoms. The first-order chi connectivity index (χ1) is 18.7. The molecular weight excluding hydrogens is 522 g/mol. The van der Waals surface area contributed by atoms with Gasteiger partial charge in [0.1, 0.15) is 11.6 Å². The topological polar surface area (TPSA) is 127 Å². The third-order valence-electron chi connectivity index (χ3n) is 5.22. The third-order valence-corrected chi connectivity index (χ3v) is 5.50. The summed E-state index contributed by atoms with van der Waals surface area (Å²) >= 11 is 6.44. The quantitative estimate of drug-likeness (QED) is 0.198. The molecule has 0 fully saturated rings. The number of nitrogens with one attached hydrogen (secondary N) is 2. The molecule has 0 atom stereocenters. The maximum Gasteiger partial charge on any atom is 0.337 e. The van der Waals surface area contributed by atoms with Crippen LogP contribution in [0.25, 0.3) is 6.08 Å². The first kappa shape index (κ1) is 28.8. The predicted molar refractivity (Wildman–Crippen MR) is 148 cm³/mol. The molecule has 0 aliphatic rings. The van der Waals surface area contributed by atoms with Crippen molar-refractivity contribution in [3.63, 3.8) is 0 Å². The van der Waals surface area contributed by atoms with Crippen LogP contribution < -0.4 is 20.1 Å². The Morgan fingerprint density at radius 2 is 1.74 bits per heavy atom. The average Bonchev–Trinajstić information content (AvgIpc) is 2.91. The van der Waals surface area contributed by atoms with E-state index < -0.39 is 11.9 Å². The molecule has 2 amide bonds. The highest BCUT2D eigenvalue weighted by Crippen LogP contribution is 2.37. The lowest BCUT2D eigenvalue weighted by molar-refractivity contribution is -0.118. The van der Waals surface area contributed by atoms with Crippen molar-refractivity contribution in [3.8, 4) is 17.6 Å². The van der Waals surface area contributed by atoms with E-state index in [4.69, 9.17) is 21.1 Å². The summed E-state index contributed by atoms with van der Waals surface area (Å²) in [5.41, 5.74) is 2.56. The van der Waals surface area contributed by atoms with Crippen LogP contribution in [0.5, 0.6) is 11.5 Å². The van der Waals surface area contributed by atoms with Crippen LogP contribution >= 0.6 is 11.6 Å². The number of esters is 1. The lowest BCUT2D eigenvalue weighted by Crippen LogP contribution is -2.20. The summed E-state index contributed by atoms with van der Waals surface area (Å²) in [5.74, 6) is -1.15. The molecule has 10 heteroatoms. The first-order valence-electron chi connectivity index (χ1n) is 11.8. The van der Waals surface area contributed by atoms with E-state index in [1.54, 1.807) is 19.1 Å². The second-order valence-corrected chi connectivity index (χ2v) is 8.57. The average molecular weight is 548 g/mol. The fourth-order valence-electron chi connectivity index (χ4n) is 3.45. The lowest BCUT2D eigenvalue weighted by Gasteiger charge is -2.15. The van der Waals surface area contributed by atoms with Gasteiger partial charge in [-0.1, -0.05) is 23.7 Å². The Hall–Kier alpha value is -4.81. The van der Waals surface area contributed by atoms with Crippen molar-refractivity contribution in [1.29, 1.82) is 5.26 Å². The number of nitriles is 1. The van der Waals surface area contributed by atoms with E-state index in [0.29, 0.717) is 22.5 Å². The van der Waals surface area contributed by atoms with E-state index in [1.165, 1.54) is 43.5 Å². The SMILES string of the molecule is CCOc1cc(/C=C(\C#N)C(=O)Nc2ccc(C(=O)OC)cc2)cc(Cl)c1OCC(=O)Nc1cccc(C)c1. The lowest BCUT2D eigenvalue weighted by atomic mass is 10.1. The summed E-state index contributed by atoms with van der Waals surface area (Å²) in [6.45, 7) is 3.65. The normalized spacial score (nSPS) is 10.7. The molecule has 0 aliphatic carbocycles. The van der Waals surface area contributed by atoms with Crippen LogP contribution in [0.15, 0.2) is 66.2 Å². The number of hydrogen-bond acceptors (Lipinski definition) is 7. The summed E-state index contributed by atoms with van der Waals surface area (Å²) < 4.78 is 16.0. The van der Waals surface area contributed by atoms with Gasteiger partial charge in [0, 0.05) is 11.4 Å². The van der Waals surface area contributed by atoms with E-state index in [1.807, 2.05) is 31.2 Å². The molecule has 0 aliphatic heterocycles. The maximum atomic E-state index is 12.7. The smallest absolute Gasteiger partial charge is 0.337 e. The van der Waals surface area contributed by atoms with Crippen LogP contribution in [0.2, 0.25) is 5.02 Å². The number of nitrogens with zero attached hydrogens (tertiary/aromatic N) is 1. The zero-order chi connectivity index (χ0) is 28.4. The summed E-state index contributed by atoms with van der Waals surface area (Å²) in [4.78, 5) is 36.7. The number of carbonyl (C=O) groups excluding carboxylic acids is 3. The number of aryl methyl sites for hydroxylation is 1. The molecule has 200 valence electrons. The minimum absolute atomic E-state index is 0.131. The molecule has 0 spiro atoms. The van der Waals surface area contributed by atoms with Gasteiger partial charge in [-0.3, -0.25) is 9.59 Å². The zero-order valence-corrected chi connectivity index (χ0v) is 22.3. The summed E-state index contributed by atoms with van der Waals surface area (Å²) in [6, 6.07) is 18.3. The maximum absolute atomic E-state index is 12.7. The molecule has 0 saturated heterocycles. The number of methoxy groups -OCH3 is 1. The molecule has 9 nitrogen and oxygen atoms in total. The van der Waals surface area contributed by atoms with Crippen LogP contribution in [-0.2, 0) is 14.3 Å². The van der Waals surface area contributed by atoms with Crippen LogP contribution in [0.3, 0.4) is 0 Å². The van der Waals surface area contributed by atoms with Crippen LogP contribution in [0.1, 0.15) is 28.4 Å². The number of anilines is 2. The Kier molecular flexibility index (Phi) is 10.1. The Bertz CT molecular complexity index is 1440. The molecule has 0 bridgehead atoms. The van der Waals surface area contributed by atoms with Gasteiger partial charge in [-0.25, -0.2) is 4.79 Å². The summed E-state index contributed by atoms with van der Waals surface area (Å²) in [6.07, 6.45) is 1.35. The van der Waals surface area contributed by atoms with Gasteiger partial charge in [-0.05, 0) is 79.6 Å². The van der Waals surface area contributed by atoms with Gasteiger partial charge >= 0.3 is 5.97 Å². The minimum atomic E-state index is -0.662. The molecule has 0 radical (unpaired) electrons. The molecular formula is C29H26ClN3O6. The summed E-state index contributed by atoms with van der Waals surface area (Å²) in [7, 11) is 1.27. The molecule has 2 N–H and O–H groups in total. The van der Waals surface area contributed by atoms with E-state index in [9.17, 15) is 19.6 Å². The van der Waals surface area contributed by atoms with Crippen molar-refractivity contribution < 1.29 is 28.6 Å². The van der Waals surface area contributed by atoms with Gasteiger partial charge in [0.15, 0.2) is 18.1 Å². The predicted octanol–water partition coefficient (Wildman–Crippen LogP) is 5.40. The minimum Gasteiger partial charge on any atom is -0.490 e. The van der Waals surface area contributed by atoms with E-state index in [-0.39, 0.29) is 41.2 Å². The van der Waals surface area contributed by atoms with E-state index >= 15 is 0 Å². The van der Waals surface area contributed by atoms with Gasteiger partial charge in [0.2, 0.25) is 0 Å². The second-order valence-electron chi connectivity index (χ2n) is 8.16. The largest absolute Gasteiger partial charge is 0.490 e. The fraction of sp³-hybridized carbons (Fsp3) is 0.172. The van der Waals surface area contributed by atoms with Gasteiger partial charge in [-0.2, -0.15) is 5.26 Å². The fourth-order valence-corrected chi connectivity index (χ4v) is 3.73.